The van der Waals surface area contributed by atoms with Crippen molar-refractivity contribution >= 4 is 0 Å². The fourth-order valence-corrected chi connectivity index (χ4v) is 1.54. The van der Waals surface area contributed by atoms with E-state index < -0.39 is 0 Å². The molecule has 0 radical (unpaired) electrons. The van der Waals surface area contributed by atoms with E-state index in [4.69, 9.17) is 4.74 Å². The molecule has 2 heteroatoms. The standard InChI is InChI=1S/C7H13NO/c1-5(2)7-8-3-6(8)4-9-7/h5-7H,3-4H2,1-2H3/t6-,7+,8?/m1/s1. The van der Waals surface area contributed by atoms with Crippen LogP contribution in [-0.4, -0.2) is 30.3 Å². The highest BCUT2D eigenvalue weighted by Gasteiger charge is 2.47. The van der Waals surface area contributed by atoms with E-state index in [1.165, 1.54) is 6.54 Å². The third-order valence-corrected chi connectivity index (χ3v) is 2.11. The van der Waals surface area contributed by atoms with Gasteiger partial charge in [-0.2, -0.15) is 0 Å². The Labute approximate surface area is 55.8 Å². The smallest absolute Gasteiger partial charge is 0.113 e. The van der Waals surface area contributed by atoms with Gasteiger partial charge in [-0.1, -0.05) is 13.8 Å². The van der Waals surface area contributed by atoms with Crippen LogP contribution in [0.15, 0.2) is 0 Å². The lowest BCUT2D eigenvalue weighted by Crippen LogP contribution is -2.23. The molecule has 2 aliphatic rings. The van der Waals surface area contributed by atoms with E-state index in [9.17, 15) is 0 Å². The number of hydrogen-bond acceptors (Lipinski definition) is 2. The Bertz CT molecular complexity index is 124. The summed E-state index contributed by atoms with van der Waals surface area (Å²) in [7, 11) is 0. The fourth-order valence-electron chi connectivity index (χ4n) is 1.54. The molecule has 2 saturated heterocycles. The van der Waals surface area contributed by atoms with E-state index in [-0.39, 0.29) is 0 Å². The van der Waals surface area contributed by atoms with Crippen LogP contribution in [0.3, 0.4) is 0 Å². The quantitative estimate of drug-likeness (QED) is 0.480. The summed E-state index contributed by atoms with van der Waals surface area (Å²) in [4.78, 5) is 2.42. The summed E-state index contributed by atoms with van der Waals surface area (Å²) in [6.07, 6.45) is 0.440. The molecule has 2 rings (SSSR count). The number of rotatable bonds is 1. The van der Waals surface area contributed by atoms with Crippen molar-refractivity contribution < 1.29 is 4.74 Å². The topological polar surface area (TPSA) is 12.2 Å². The van der Waals surface area contributed by atoms with E-state index in [1.54, 1.807) is 0 Å². The van der Waals surface area contributed by atoms with Gasteiger partial charge in [0.15, 0.2) is 0 Å². The summed E-state index contributed by atoms with van der Waals surface area (Å²) in [6, 6.07) is 0.789. The predicted octanol–water partition coefficient (Wildman–Crippen LogP) is 0.683. The van der Waals surface area contributed by atoms with Crippen LogP contribution < -0.4 is 0 Å². The molecule has 2 heterocycles. The molecule has 0 bridgehead atoms. The number of fused-ring (bicyclic) bond motifs is 1. The molecule has 0 N–H and O–H groups in total. The van der Waals surface area contributed by atoms with Crippen molar-refractivity contribution in [1.82, 2.24) is 4.90 Å². The van der Waals surface area contributed by atoms with Crippen molar-refractivity contribution in [2.45, 2.75) is 26.1 Å². The Balaban J connectivity index is 1.98. The molecule has 0 aromatic rings. The minimum atomic E-state index is 0.440. The lowest BCUT2D eigenvalue weighted by molar-refractivity contribution is 0.0130. The maximum absolute atomic E-state index is 5.50. The van der Waals surface area contributed by atoms with E-state index in [0.29, 0.717) is 12.1 Å². The van der Waals surface area contributed by atoms with Crippen LogP contribution in [0.5, 0.6) is 0 Å². The summed E-state index contributed by atoms with van der Waals surface area (Å²) >= 11 is 0. The Hall–Kier alpha value is -0.0800. The zero-order valence-electron chi connectivity index (χ0n) is 6.00. The van der Waals surface area contributed by atoms with E-state index >= 15 is 0 Å². The summed E-state index contributed by atoms with van der Waals surface area (Å²) in [6.45, 7) is 6.68. The molecule has 52 valence electrons. The average Bonchev–Trinajstić information content (AvgIpc) is 2.43. The Morgan fingerprint density at radius 1 is 1.56 bits per heavy atom. The molecule has 0 saturated carbocycles. The molecule has 1 unspecified atom stereocenters. The molecule has 2 fully saturated rings. The Kier molecular flexibility index (Phi) is 1.08. The van der Waals surface area contributed by atoms with E-state index in [0.717, 1.165) is 12.6 Å². The normalized spacial score (nSPS) is 47.7. The Morgan fingerprint density at radius 3 is 2.56 bits per heavy atom. The second-order valence-corrected chi connectivity index (χ2v) is 3.32. The summed E-state index contributed by atoms with van der Waals surface area (Å²) < 4.78 is 5.50. The van der Waals surface area contributed by atoms with Crippen molar-refractivity contribution in [3.05, 3.63) is 0 Å². The molecule has 0 aromatic heterocycles. The van der Waals surface area contributed by atoms with Crippen LogP contribution in [0.2, 0.25) is 0 Å². The molecule has 0 aromatic carbocycles. The molecule has 9 heavy (non-hydrogen) atoms. The van der Waals surface area contributed by atoms with Gasteiger partial charge in [0.25, 0.3) is 0 Å². The largest absolute Gasteiger partial charge is 0.361 e. The molecule has 3 atom stereocenters. The molecule has 0 spiro atoms. The number of nitrogens with zero attached hydrogens (tertiary/aromatic N) is 1. The molecule has 2 aliphatic heterocycles. The predicted molar refractivity (Wildman–Crippen MR) is 35.1 cm³/mol. The first kappa shape index (κ1) is 5.69. The van der Waals surface area contributed by atoms with Crippen LogP contribution >= 0.6 is 0 Å². The first-order valence-electron chi connectivity index (χ1n) is 3.66. The van der Waals surface area contributed by atoms with Gasteiger partial charge in [-0.15, -0.1) is 0 Å². The number of hydrogen-bond donors (Lipinski definition) is 0. The zero-order valence-corrected chi connectivity index (χ0v) is 6.00. The monoisotopic (exact) mass is 127 g/mol. The van der Waals surface area contributed by atoms with Crippen molar-refractivity contribution in [3.63, 3.8) is 0 Å². The van der Waals surface area contributed by atoms with Crippen molar-refractivity contribution in [3.8, 4) is 0 Å². The first-order chi connectivity index (χ1) is 4.29. The maximum atomic E-state index is 5.50. The van der Waals surface area contributed by atoms with Crippen LogP contribution in [0, 0.1) is 5.92 Å². The van der Waals surface area contributed by atoms with Gasteiger partial charge < -0.3 is 4.74 Å². The molecule has 2 nitrogen and oxygen atoms in total. The second kappa shape index (κ2) is 1.70. The van der Waals surface area contributed by atoms with Gasteiger partial charge in [0.1, 0.15) is 6.23 Å². The van der Waals surface area contributed by atoms with Crippen molar-refractivity contribution in [2.24, 2.45) is 5.92 Å². The minimum absolute atomic E-state index is 0.440. The van der Waals surface area contributed by atoms with Crippen molar-refractivity contribution in [1.29, 1.82) is 0 Å². The highest BCUT2D eigenvalue weighted by Crippen LogP contribution is 2.32. The van der Waals surface area contributed by atoms with Gasteiger partial charge in [-0.3, -0.25) is 4.90 Å². The summed E-state index contributed by atoms with van der Waals surface area (Å²) in [5, 5.41) is 0. The average molecular weight is 127 g/mol. The van der Waals surface area contributed by atoms with Crippen LogP contribution in [0.25, 0.3) is 0 Å². The highest BCUT2D eigenvalue weighted by molar-refractivity contribution is 4.96. The lowest BCUT2D eigenvalue weighted by Gasteiger charge is -2.16. The van der Waals surface area contributed by atoms with E-state index in [2.05, 4.69) is 18.7 Å². The number of ether oxygens (including phenoxy) is 1. The summed E-state index contributed by atoms with van der Waals surface area (Å²) in [5.74, 6) is 0.664. The second-order valence-electron chi connectivity index (χ2n) is 3.32. The van der Waals surface area contributed by atoms with Crippen LogP contribution in [0.4, 0.5) is 0 Å². The highest BCUT2D eigenvalue weighted by atomic mass is 16.5. The van der Waals surface area contributed by atoms with Gasteiger partial charge in [-0.05, 0) is 5.92 Å². The third-order valence-electron chi connectivity index (χ3n) is 2.11. The minimum Gasteiger partial charge on any atom is -0.361 e. The van der Waals surface area contributed by atoms with Gasteiger partial charge in [0.2, 0.25) is 0 Å². The van der Waals surface area contributed by atoms with Gasteiger partial charge in [-0.25, -0.2) is 0 Å². The SMILES string of the molecule is CC(C)[C@@H]1OC[C@H]2CN21. The molecular formula is C7H13NO. The van der Waals surface area contributed by atoms with E-state index in [1.807, 2.05) is 0 Å². The van der Waals surface area contributed by atoms with Gasteiger partial charge in [0.05, 0.1) is 6.61 Å². The van der Waals surface area contributed by atoms with Crippen LogP contribution in [0.1, 0.15) is 13.8 Å². The molecule has 0 aliphatic carbocycles. The van der Waals surface area contributed by atoms with Gasteiger partial charge >= 0.3 is 0 Å². The fraction of sp³-hybridized carbons (Fsp3) is 1.00. The third kappa shape index (κ3) is 0.775. The maximum Gasteiger partial charge on any atom is 0.113 e. The first-order valence-corrected chi connectivity index (χ1v) is 3.66. The van der Waals surface area contributed by atoms with Crippen molar-refractivity contribution in [2.75, 3.05) is 13.2 Å². The summed E-state index contributed by atoms with van der Waals surface area (Å²) in [5.41, 5.74) is 0. The Morgan fingerprint density at radius 2 is 2.33 bits per heavy atom. The zero-order chi connectivity index (χ0) is 6.43. The molecular weight excluding hydrogens is 114 g/mol. The van der Waals surface area contributed by atoms with Crippen LogP contribution in [-0.2, 0) is 4.74 Å². The lowest BCUT2D eigenvalue weighted by atomic mass is 10.2. The van der Waals surface area contributed by atoms with Gasteiger partial charge in [0, 0.05) is 12.6 Å². The molecule has 0 amide bonds.